The molecule has 0 unspecified atom stereocenters. The minimum atomic E-state index is -3.98. The molecule has 274 valence electrons. The summed E-state index contributed by atoms with van der Waals surface area (Å²) in [6.45, 7) is 15.4. The highest BCUT2D eigenvalue weighted by atomic mass is 35.5. The van der Waals surface area contributed by atoms with Crippen molar-refractivity contribution in [2.75, 3.05) is 30.1 Å². The molecule has 0 spiro atoms. The van der Waals surface area contributed by atoms with Gasteiger partial charge in [0.25, 0.3) is 0 Å². The number of benzene rings is 3. The van der Waals surface area contributed by atoms with Crippen LogP contribution < -0.4 is 25.6 Å². The number of sulfonamides is 1. The third-order valence-electron chi connectivity index (χ3n) is 8.66. The van der Waals surface area contributed by atoms with Gasteiger partial charge in [-0.1, -0.05) is 100 Å². The van der Waals surface area contributed by atoms with Crippen molar-refractivity contribution < 1.29 is 22.7 Å². The molecule has 0 bridgehead atoms. The van der Waals surface area contributed by atoms with Crippen LogP contribution in [0.5, 0.6) is 5.75 Å². The van der Waals surface area contributed by atoms with E-state index >= 15 is 0 Å². The largest absolute Gasteiger partial charge is 0.493 e. The van der Waals surface area contributed by atoms with E-state index < -0.39 is 16.0 Å². The number of hydrazine groups is 1. The lowest BCUT2D eigenvalue weighted by Crippen LogP contribution is -2.35. The number of rotatable bonds is 17. The summed E-state index contributed by atoms with van der Waals surface area (Å²) in [7, 11) is -3.98. The molecule has 0 aliphatic rings. The number of carbonyl (C=O) groups is 1. The zero-order chi connectivity index (χ0) is 37.4. The average molecular weight is 789 g/mol. The maximum absolute atomic E-state index is 13.3. The minimum Gasteiger partial charge on any atom is -0.493 e. The summed E-state index contributed by atoms with van der Waals surface area (Å²) in [4.78, 5) is 12.4. The second kappa shape index (κ2) is 17.7. The zero-order valence-electron chi connectivity index (χ0n) is 29.4. The Morgan fingerprint density at radius 1 is 0.900 bits per heavy atom. The molecule has 14 heteroatoms. The fourth-order valence-electron chi connectivity index (χ4n) is 4.80. The molecule has 0 saturated heterocycles. The Morgan fingerprint density at radius 3 is 2.14 bits per heavy atom. The Kier molecular flexibility index (Phi) is 14.8. The van der Waals surface area contributed by atoms with Gasteiger partial charge in [0.05, 0.1) is 50.6 Å². The SMILES string of the molecule is CCOC(=O)/C=C(/Nc1cc(S(=O)(=O)NCCCOc2ccc(C(C)(C)CC)cc2C(C)(C)CC)ccc1Cl)N(N)c1c(Cl)cc(Cl)cc1Cl. The number of hydrogen-bond acceptors (Lipinski definition) is 8. The Bertz CT molecular complexity index is 1790. The number of anilines is 2. The van der Waals surface area contributed by atoms with Crippen molar-refractivity contribution in [2.45, 2.75) is 83.5 Å². The second-order valence-corrected chi connectivity index (χ2v) is 16.3. The van der Waals surface area contributed by atoms with E-state index in [1.807, 2.05) is 6.07 Å². The van der Waals surface area contributed by atoms with E-state index in [0.29, 0.717) is 13.0 Å². The molecule has 0 heterocycles. The number of ether oxygens (including phenoxy) is 2. The molecule has 0 aliphatic heterocycles. The van der Waals surface area contributed by atoms with Gasteiger partial charge in [-0.2, -0.15) is 0 Å². The van der Waals surface area contributed by atoms with Crippen LogP contribution in [0, 0.1) is 0 Å². The van der Waals surface area contributed by atoms with E-state index in [0.717, 1.165) is 35.2 Å². The molecule has 0 radical (unpaired) electrons. The maximum atomic E-state index is 13.3. The van der Waals surface area contributed by atoms with Gasteiger partial charge in [-0.05, 0) is 79.0 Å². The van der Waals surface area contributed by atoms with Gasteiger partial charge < -0.3 is 14.8 Å². The standard InChI is InChI=1S/C36H46Cl4N4O5S/c1-8-35(4,5)23-12-15-31(26(18-23)36(6,7)9-2)49-17-11-16-42-50(46,47)25-13-14-27(38)30(21-25)43-32(22-33(45)48-10-3)44(41)34-28(39)19-24(37)20-29(34)40/h12-15,18-22,42-43H,8-11,16-17,41H2,1-7H3/b32-22-. The van der Waals surface area contributed by atoms with Crippen LogP contribution in [0.15, 0.2) is 65.3 Å². The van der Waals surface area contributed by atoms with Crippen LogP contribution in [-0.2, 0) is 30.4 Å². The van der Waals surface area contributed by atoms with Crippen molar-refractivity contribution in [1.29, 1.82) is 0 Å². The lowest BCUT2D eigenvalue weighted by atomic mass is 9.76. The van der Waals surface area contributed by atoms with Crippen molar-refractivity contribution in [1.82, 2.24) is 4.72 Å². The highest BCUT2D eigenvalue weighted by Gasteiger charge is 2.27. The summed E-state index contributed by atoms with van der Waals surface area (Å²) < 4.78 is 40.6. The van der Waals surface area contributed by atoms with E-state index in [-0.39, 0.29) is 66.2 Å². The first-order valence-corrected chi connectivity index (χ1v) is 19.3. The highest BCUT2D eigenvalue weighted by molar-refractivity contribution is 7.89. The number of carbonyl (C=O) groups excluding carboxylic acids is 1. The molecule has 9 nitrogen and oxygen atoms in total. The molecule has 0 amide bonds. The predicted octanol–water partition coefficient (Wildman–Crippen LogP) is 9.62. The molecule has 0 atom stereocenters. The zero-order valence-corrected chi connectivity index (χ0v) is 33.3. The topological polar surface area (TPSA) is 123 Å². The number of hydrogen-bond donors (Lipinski definition) is 3. The Hall–Kier alpha value is -2.70. The van der Waals surface area contributed by atoms with Crippen LogP contribution >= 0.6 is 46.4 Å². The van der Waals surface area contributed by atoms with Crippen LogP contribution in [0.2, 0.25) is 20.1 Å². The first-order chi connectivity index (χ1) is 23.4. The fraction of sp³-hybridized carbons (Fsp3) is 0.417. The van der Waals surface area contributed by atoms with Crippen molar-refractivity contribution in [3.05, 3.63) is 91.6 Å². The van der Waals surface area contributed by atoms with Crippen LogP contribution in [0.1, 0.15) is 78.9 Å². The molecule has 0 aliphatic carbocycles. The third kappa shape index (κ3) is 10.7. The molecular weight excluding hydrogens is 742 g/mol. The first-order valence-electron chi connectivity index (χ1n) is 16.3. The molecule has 0 fully saturated rings. The predicted molar refractivity (Wildman–Crippen MR) is 206 cm³/mol. The van der Waals surface area contributed by atoms with Crippen molar-refractivity contribution in [3.8, 4) is 5.75 Å². The molecule has 50 heavy (non-hydrogen) atoms. The Morgan fingerprint density at radius 2 is 1.54 bits per heavy atom. The lowest BCUT2D eigenvalue weighted by Gasteiger charge is -2.30. The van der Waals surface area contributed by atoms with Gasteiger partial charge in [0.1, 0.15) is 11.6 Å². The average Bonchev–Trinajstić information content (AvgIpc) is 3.04. The highest BCUT2D eigenvalue weighted by Crippen LogP contribution is 2.39. The van der Waals surface area contributed by atoms with E-state index in [4.69, 9.17) is 61.7 Å². The molecule has 3 aromatic carbocycles. The van der Waals surface area contributed by atoms with Gasteiger partial charge in [-0.3, -0.25) is 5.01 Å². The number of esters is 1. The molecule has 3 aromatic rings. The smallest absolute Gasteiger partial charge is 0.334 e. The molecular formula is C36H46Cl4N4O5S. The van der Waals surface area contributed by atoms with Crippen molar-refractivity contribution in [2.24, 2.45) is 5.84 Å². The Balaban J connectivity index is 1.78. The van der Waals surface area contributed by atoms with Gasteiger partial charge in [-0.15, -0.1) is 0 Å². The molecule has 0 saturated carbocycles. The summed E-state index contributed by atoms with van der Waals surface area (Å²) in [6.07, 6.45) is 3.42. The van der Waals surface area contributed by atoms with E-state index in [2.05, 4.69) is 63.7 Å². The fourth-order valence-corrected chi connectivity index (χ4v) is 7.06. The first kappa shape index (κ1) is 41.7. The maximum Gasteiger partial charge on any atom is 0.334 e. The Labute approximate surface area is 316 Å². The lowest BCUT2D eigenvalue weighted by molar-refractivity contribution is -0.137. The summed E-state index contributed by atoms with van der Waals surface area (Å²) in [5.41, 5.74) is 2.58. The normalized spacial score (nSPS) is 12.5. The van der Waals surface area contributed by atoms with Crippen molar-refractivity contribution in [3.63, 3.8) is 0 Å². The van der Waals surface area contributed by atoms with Gasteiger partial charge in [0.2, 0.25) is 10.0 Å². The van der Waals surface area contributed by atoms with Crippen molar-refractivity contribution >= 4 is 73.8 Å². The number of nitrogens with zero attached hydrogens (tertiary/aromatic N) is 1. The number of nitrogens with one attached hydrogen (secondary N) is 2. The summed E-state index contributed by atoms with van der Waals surface area (Å²) in [6, 6.07) is 13.3. The molecule has 4 N–H and O–H groups in total. The molecule has 0 aromatic heterocycles. The van der Waals surface area contributed by atoms with Gasteiger partial charge in [-0.25, -0.2) is 23.8 Å². The number of halogens is 4. The quantitative estimate of drug-likeness (QED) is 0.0407. The minimum absolute atomic E-state index is 0.0347. The van der Waals surface area contributed by atoms with Gasteiger partial charge >= 0.3 is 5.97 Å². The van der Waals surface area contributed by atoms with Crippen LogP contribution in [0.3, 0.4) is 0 Å². The van der Waals surface area contributed by atoms with Gasteiger partial charge in [0, 0.05) is 17.1 Å². The van der Waals surface area contributed by atoms with E-state index in [1.54, 1.807) is 6.92 Å². The molecule has 3 rings (SSSR count). The van der Waals surface area contributed by atoms with E-state index in [9.17, 15) is 13.2 Å². The third-order valence-corrected chi connectivity index (χ3v) is 11.2. The number of nitrogens with two attached hydrogens (primary N) is 1. The summed E-state index contributed by atoms with van der Waals surface area (Å²) >= 11 is 25.3. The summed E-state index contributed by atoms with van der Waals surface area (Å²) in [5.74, 6) is 6.36. The van der Waals surface area contributed by atoms with Crippen LogP contribution in [-0.4, -0.2) is 34.1 Å². The monoisotopic (exact) mass is 786 g/mol. The van der Waals surface area contributed by atoms with Crippen LogP contribution in [0.4, 0.5) is 11.4 Å². The second-order valence-electron chi connectivity index (χ2n) is 12.9. The van der Waals surface area contributed by atoms with Crippen LogP contribution in [0.25, 0.3) is 0 Å². The van der Waals surface area contributed by atoms with E-state index in [1.165, 1.54) is 35.9 Å². The summed E-state index contributed by atoms with van der Waals surface area (Å²) in [5, 5.41) is 4.54. The van der Waals surface area contributed by atoms with Gasteiger partial charge in [0.15, 0.2) is 0 Å².